The highest BCUT2D eigenvalue weighted by molar-refractivity contribution is 7.91. The zero-order chi connectivity index (χ0) is 15.7. The van der Waals surface area contributed by atoms with Crippen molar-refractivity contribution < 1.29 is 17.6 Å². The number of hydrogen-bond donors (Lipinski definition) is 1. The Bertz CT molecular complexity index is 806. The number of halogens is 1. The van der Waals surface area contributed by atoms with E-state index >= 15 is 0 Å². The molecule has 1 atom stereocenters. The molecule has 116 valence electrons. The van der Waals surface area contributed by atoms with Crippen LogP contribution in [0.15, 0.2) is 24.5 Å². The second-order valence-corrected chi connectivity index (χ2v) is 7.22. The van der Waals surface area contributed by atoms with Crippen molar-refractivity contribution in [2.75, 3.05) is 11.5 Å². The van der Waals surface area contributed by atoms with E-state index in [1.165, 1.54) is 17.1 Å². The normalized spacial score (nSPS) is 20.0. The highest BCUT2D eigenvalue weighted by atomic mass is 32.2. The minimum Gasteiger partial charge on any atom is -0.348 e. The Labute approximate surface area is 125 Å². The number of amides is 1. The van der Waals surface area contributed by atoms with Gasteiger partial charge in [0.05, 0.1) is 22.8 Å². The average Bonchev–Trinajstić information content (AvgIpc) is 3.08. The van der Waals surface area contributed by atoms with Crippen LogP contribution in [0.5, 0.6) is 0 Å². The van der Waals surface area contributed by atoms with E-state index in [9.17, 15) is 17.6 Å². The molecule has 1 unspecified atom stereocenters. The minimum atomic E-state index is -3.10. The molecule has 3 rings (SSSR count). The van der Waals surface area contributed by atoms with Gasteiger partial charge in [0.15, 0.2) is 9.84 Å². The summed E-state index contributed by atoms with van der Waals surface area (Å²) in [6.45, 7) is 0. The number of carbonyl (C=O) groups is 1. The smallest absolute Gasteiger partial charge is 0.253 e. The fraction of sp³-hybridized carbons (Fsp3) is 0.333. The van der Waals surface area contributed by atoms with Crippen LogP contribution in [0.4, 0.5) is 4.39 Å². The van der Waals surface area contributed by atoms with Crippen LogP contribution in [0.3, 0.4) is 0 Å². The first-order valence-electron chi connectivity index (χ1n) is 6.49. The van der Waals surface area contributed by atoms with Gasteiger partial charge in [0.25, 0.3) is 5.91 Å². The molecular weight excluding hydrogens is 313 g/mol. The molecule has 1 saturated heterocycles. The topological polar surface area (TPSA) is 107 Å². The molecule has 1 aromatic heterocycles. The Kier molecular flexibility index (Phi) is 3.61. The van der Waals surface area contributed by atoms with Crippen molar-refractivity contribution in [3.63, 3.8) is 0 Å². The number of sulfone groups is 1. The Morgan fingerprint density at radius 2 is 2.23 bits per heavy atom. The molecule has 1 aliphatic rings. The fourth-order valence-corrected chi connectivity index (χ4v) is 4.00. The number of benzene rings is 1. The van der Waals surface area contributed by atoms with E-state index in [0.29, 0.717) is 6.42 Å². The molecular formula is C12H12FN5O3S. The van der Waals surface area contributed by atoms with Crippen LogP contribution in [-0.2, 0) is 9.84 Å². The van der Waals surface area contributed by atoms with Crippen LogP contribution in [0.1, 0.15) is 16.8 Å². The van der Waals surface area contributed by atoms with Crippen LogP contribution in [0.2, 0.25) is 0 Å². The molecule has 0 saturated carbocycles. The first kappa shape index (κ1) is 14.6. The molecule has 1 N–H and O–H groups in total. The SMILES string of the molecule is O=C(NC1CCS(=O)(=O)C1)c1ccc(F)cc1-n1cnnn1. The van der Waals surface area contributed by atoms with Crippen LogP contribution >= 0.6 is 0 Å². The molecule has 0 bridgehead atoms. The summed E-state index contributed by atoms with van der Waals surface area (Å²) < 4.78 is 37.4. The van der Waals surface area contributed by atoms with Crippen molar-refractivity contribution in [3.05, 3.63) is 35.9 Å². The molecule has 0 aliphatic carbocycles. The summed E-state index contributed by atoms with van der Waals surface area (Å²) in [4.78, 5) is 12.3. The second-order valence-electron chi connectivity index (χ2n) is 4.99. The van der Waals surface area contributed by atoms with E-state index in [4.69, 9.17) is 0 Å². The van der Waals surface area contributed by atoms with Gasteiger partial charge < -0.3 is 5.32 Å². The molecule has 8 nitrogen and oxygen atoms in total. The minimum absolute atomic E-state index is 0.0568. The Morgan fingerprint density at radius 3 is 2.86 bits per heavy atom. The zero-order valence-corrected chi connectivity index (χ0v) is 12.1. The molecule has 1 amide bonds. The molecule has 0 spiro atoms. The number of aromatic nitrogens is 4. The van der Waals surface area contributed by atoms with Gasteiger partial charge in [0, 0.05) is 12.1 Å². The average molecular weight is 325 g/mol. The lowest BCUT2D eigenvalue weighted by molar-refractivity contribution is 0.0941. The highest BCUT2D eigenvalue weighted by Gasteiger charge is 2.29. The van der Waals surface area contributed by atoms with Crippen LogP contribution in [0, 0.1) is 5.82 Å². The molecule has 0 radical (unpaired) electrons. The van der Waals surface area contributed by atoms with Gasteiger partial charge in [-0.1, -0.05) is 0 Å². The van der Waals surface area contributed by atoms with Crippen molar-refractivity contribution in [2.24, 2.45) is 0 Å². The number of nitrogens with one attached hydrogen (secondary N) is 1. The number of nitrogens with zero attached hydrogens (tertiary/aromatic N) is 4. The number of tetrazole rings is 1. The lowest BCUT2D eigenvalue weighted by atomic mass is 10.1. The maximum absolute atomic E-state index is 13.4. The molecule has 1 aromatic carbocycles. The van der Waals surface area contributed by atoms with Gasteiger partial charge in [0.2, 0.25) is 0 Å². The molecule has 1 aliphatic heterocycles. The summed E-state index contributed by atoms with van der Waals surface area (Å²) in [5.41, 5.74) is 0.348. The molecule has 2 aromatic rings. The maximum Gasteiger partial charge on any atom is 0.253 e. The lowest BCUT2D eigenvalue weighted by Crippen LogP contribution is -2.36. The third-order valence-electron chi connectivity index (χ3n) is 3.37. The summed E-state index contributed by atoms with van der Waals surface area (Å²) in [5.74, 6) is -1.06. The van der Waals surface area contributed by atoms with Gasteiger partial charge in [0.1, 0.15) is 12.1 Å². The standard InChI is InChI=1S/C12H12FN5O3S/c13-8-1-2-10(11(5-8)18-7-14-16-17-18)12(19)15-9-3-4-22(20,21)6-9/h1-2,5,7,9H,3-4,6H2,(H,15,19). The van der Waals surface area contributed by atoms with Crippen molar-refractivity contribution in [1.29, 1.82) is 0 Å². The third-order valence-corrected chi connectivity index (χ3v) is 5.14. The predicted octanol–water partition coefficient (Wildman–Crippen LogP) is -0.282. The summed E-state index contributed by atoms with van der Waals surface area (Å²) in [7, 11) is -3.10. The van der Waals surface area contributed by atoms with E-state index in [1.807, 2.05) is 0 Å². The van der Waals surface area contributed by atoms with Gasteiger partial charge in [-0.05, 0) is 29.0 Å². The molecule has 1 fully saturated rings. The van der Waals surface area contributed by atoms with E-state index in [1.54, 1.807) is 0 Å². The summed E-state index contributed by atoms with van der Waals surface area (Å²) in [6, 6.07) is 3.15. The van der Waals surface area contributed by atoms with E-state index in [2.05, 4.69) is 20.8 Å². The Morgan fingerprint density at radius 1 is 1.41 bits per heavy atom. The first-order chi connectivity index (χ1) is 10.4. The quantitative estimate of drug-likeness (QED) is 0.831. The van der Waals surface area contributed by atoms with Gasteiger partial charge in [-0.25, -0.2) is 12.8 Å². The number of hydrogen-bond acceptors (Lipinski definition) is 6. The molecule has 10 heteroatoms. The monoisotopic (exact) mass is 325 g/mol. The van der Waals surface area contributed by atoms with Gasteiger partial charge in [-0.15, -0.1) is 5.10 Å². The van der Waals surface area contributed by atoms with Gasteiger partial charge in [-0.2, -0.15) is 4.68 Å². The first-order valence-corrected chi connectivity index (χ1v) is 8.31. The maximum atomic E-state index is 13.4. The molecule has 22 heavy (non-hydrogen) atoms. The number of rotatable bonds is 3. The largest absolute Gasteiger partial charge is 0.348 e. The summed E-state index contributed by atoms with van der Waals surface area (Å²) >= 11 is 0. The predicted molar refractivity (Wildman–Crippen MR) is 73.6 cm³/mol. The third kappa shape index (κ3) is 2.96. The van der Waals surface area contributed by atoms with E-state index in [-0.39, 0.29) is 22.8 Å². The highest BCUT2D eigenvalue weighted by Crippen LogP contribution is 2.17. The van der Waals surface area contributed by atoms with Crippen LogP contribution in [0.25, 0.3) is 5.69 Å². The van der Waals surface area contributed by atoms with Crippen LogP contribution in [-0.4, -0.2) is 52.1 Å². The van der Waals surface area contributed by atoms with E-state index in [0.717, 1.165) is 12.1 Å². The zero-order valence-electron chi connectivity index (χ0n) is 11.3. The Hall–Kier alpha value is -2.36. The number of carbonyl (C=O) groups excluding carboxylic acids is 1. The second kappa shape index (κ2) is 5.44. The van der Waals surface area contributed by atoms with Crippen molar-refractivity contribution in [3.8, 4) is 5.69 Å². The van der Waals surface area contributed by atoms with Gasteiger partial charge in [-0.3, -0.25) is 4.79 Å². The van der Waals surface area contributed by atoms with Crippen molar-refractivity contribution in [2.45, 2.75) is 12.5 Å². The summed E-state index contributed by atoms with van der Waals surface area (Å²) in [6.07, 6.45) is 1.61. The van der Waals surface area contributed by atoms with Crippen LogP contribution < -0.4 is 5.32 Å². The van der Waals surface area contributed by atoms with Crippen molar-refractivity contribution in [1.82, 2.24) is 25.5 Å². The lowest BCUT2D eigenvalue weighted by Gasteiger charge is -2.13. The molecule has 2 heterocycles. The van der Waals surface area contributed by atoms with Crippen molar-refractivity contribution >= 4 is 15.7 Å². The van der Waals surface area contributed by atoms with Gasteiger partial charge >= 0.3 is 0 Å². The fourth-order valence-electron chi connectivity index (χ4n) is 2.33. The summed E-state index contributed by atoms with van der Waals surface area (Å²) in [5, 5.41) is 13.2. The Balaban J connectivity index is 1.87. The van der Waals surface area contributed by atoms with E-state index < -0.39 is 27.6 Å².